The molecule has 0 aliphatic carbocycles. The predicted molar refractivity (Wildman–Crippen MR) is 81.0 cm³/mol. The minimum absolute atomic E-state index is 0.121. The van der Waals surface area contributed by atoms with E-state index in [4.69, 9.17) is 0 Å². The van der Waals surface area contributed by atoms with Gasteiger partial charge in [0.15, 0.2) is 0 Å². The molecule has 2 rings (SSSR count). The van der Waals surface area contributed by atoms with Gasteiger partial charge in [-0.1, -0.05) is 0 Å². The first-order chi connectivity index (χ1) is 9.49. The lowest BCUT2D eigenvalue weighted by molar-refractivity contribution is -0.385. The van der Waals surface area contributed by atoms with Crippen LogP contribution in [0.25, 0.3) is 0 Å². The second-order valence-corrected chi connectivity index (χ2v) is 5.78. The third-order valence-electron chi connectivity index (χ3n) is 2.81. The standard InChI is InChI=1S/C13H11BrN2O3S/c1-8-6-20-7-10(8)5-15-13(17)9-2-3-11(14)12(4-9)16(18)19/h2-4,6-7H,5H2,1H3,(H,15,17). The number of nitrogens with zero attached hydrogens (tertiary/aromatic N) is 1. The molecule has 0 bridgehead atoms. The van der Waals surface area contributed by atoms with Crippen LogP contribution in [0.2, 0.25) is 0 Å². The van der Waals surface area contributed by atoms with E-state index in [0.29, 0.717) is 11.0 Å². The molecule has 0 atom stereocenters. The normalized spacial score (nSPS) is 10.3. The molecule has 1 aromatic carbocycles. The van der Waals surface area contributed by atoms with Crippen molar-refractivity contribution < 1.29 is 9.72 Å². The number of halogens is 1. The van der Waals surface area contributed by atoms with Crippen LogP contribution >= 0.6 is 27.3 Å². The Morgan fingerprint density at radius 3 is 2.80 bits per heavy atom. The van der Waals surface area contributed by atoms with Gasteiger partial charge in [0, 0.05) is 18.2 Å². The average Bonchev–Trinajstić information content (AvgIpc) is 2.81. The number of carbonyl (C=O) groups is 1. The molecule has 5 nitrogen and oxygen atoms in total. The van der Waals surface area contributed by atoms with E-state index in [0.717, 1.165) is 11.1 Å². The maximum absolute atomic E-state index is 12.0. The lowest BCUT2D eigenvalue weighted by Crippen LogP contribution is -2.22. The summed E-state index contributed by atoms with van der Waals surface area (Å²) < 4.78 is 0.354. The van der Waals surface area contributed by atoms with Crippen LogP contribution in [0.3, 0.4) is 0 Å². The number of nitro groups is 1. The van der Waals surface area contributed by atoms with E-state index >= 15 is 0 Å². The first-order valence-electron chi connectivity index (χ1n) is 5.73. The lowest BCUT2D eigenvalue weighted by Gasteiger charge is -2.05. The van der Waals surface area contributed by atoms with Crippen LogP contribution < -0.4 is 5.32 Å². The number of rotatable bonds is 4. The number of nitro benzene ring substituents is 1. The van der Waals surface area contributed by atoms with Crippen LogP contribution in [-0.2, 0) is 6.54 Å². The number of aryl methyl sites for hydroxylation is 1. The summed E-state index contributed by atoms with van der Waals surface area (Å²) in [6.07, 6.45) is 0. The summed E-state index contributed by atoms with van der Waals surface area (Å²) in [6, 6.07) is 4.32. The molecule has 20 heavy (non-hydrogen) atoms. The van der Waals surface area contributed by atoms with Crippen molar-refractivity contribution in [3.63, 3.8) is 0 Å². The van der Waals surface area contributed by atoms with Gasteiger partial charge in [0.1, 0.15) is 0 Å². The van der Waals surface area contributed by atoms with Gasteiger partial charge in [-0.2, -0.15) is 11.3 Å². The van der Waals surface area contributed by atoms with Crippen LogP contribution in [0.1, 0.15) is 21.5 Å². The molecule has 0 saturated heterocycles. The smallest absolute Gasteiger partial charge is 0.284 e. The largest absolute Gasteiger partial charge is 0.348 e. The maximum Gasteiger partial charge on any atom is 0.284 e. The highest BCUT2D eigenvalue weighted by molar-refractivity contribution is 9.10. The second kappa shape index (κ2) is 6.15. The second-order valence-electron chi connectivity index (χ2n) is 4.19. The van der Waals surface area contributed by atoms with Crippen molar-refractivity contribution in [3.05, 3.63) is 60.2 Å². The summed E-state index contributed by atoms with van der Waals surface area (Å²) in [7, 11) is 0. The van der Waals surface area contributed by atoms with Crippen LogP contribution in [0.5, 0.6) is 0 Å². The van der Waals surface area contributed by atoms with Crippen molar-refractivity contribution >= 4 is 38.9 Å². The van der Waals surface area contributed by atoms with E-state index in [1.807, 2.05) is 17.7 Å². The lowest BCUT2D eigenvalue weighted by atomic mass is 10.1. The third kappa shape index (κ3) is 3.23. The molecule has 0 unspecified atom stereocenters. The van der Waals surface area contributed by atoms with Crippen molar-refractivity contribution in [2.24, 2.45) is 0 Å². The topological polar surface area (TPSA) is 72.2 Å². The van der Waals surface area contributed by atoms with Gasteiger partial charge in [0.25, 0.3) is 11.6 Å². The van der Waals surface area contributed by atoms with Crippen molar-refractivity contribution in [3.8, 4) is 0 Å². The van der Waals surface area contributed by atoms with Gasteiger partial charge in [-0.15, -0.1) is 0 Å². The van der Waals surface area contributed by atoms with Gasteiger partial charge < -0.3 is 5.32 Å². The Hall–Kier alpha value is -1.73. The minimum atomic E-state index is -0.524. The quantitative estimate of drug-likeness (QED) is 0.672. The summed E-state index contributed by atoms with van der Waals surface area (Å²) in [5, 5.41) is 17.6. The highest BCUT2D eigenvalue weighted by Crippen LogP contribution is 2.25. The molecule has 1 N–H and O–H groups in total. The summed E-state index contributed by atoms with van der Waals surface area (Å²) in [6.45, 7) is 2.39. The van der Waals surface area contributed by atoms with Crippen LogP contribution in [0.15, 0.2) is 33.4 Å². The Morgan fingerprint density at radius 2 is 2.20 bits per heavy atom. The molecule has 1 amide bonds. The van der Waals surface area contributed by atoms with Crippen LogP contribution in [-0.4, -0.2) is 10.8 Å². The average molecular weight is 355 g/mol. The number of thiophene rings is 1. The highest BCUT2D eigenvalue weighted by atomic mass is 79.9. The fourth-order valence-corrected chi connectivity index (χ4v) is 2.89. The Morgan fingerprint density at radius 1 is 1.45 bits per heavy atom. The number of amides is 1. The first kappa shape index (κ1) is 14.7. The molecule has 0 aliphatic heterocycles. The van der Waals surface area contributed by atoms with Crippen molar-refractivity contribution in [2.75, 3.05) is 0 Å². The summed E-state index contributed by atoms with van der Waals surface area (Å²) in [4.78, 5) is 22.3. The van der Waals surface area contributed by atoms with Crippen LogP contribution in [0, 0.1) is 17.0 Å². The van der Waals surface area contributed by atoms with Gasteiger partial charge in [0.05, 0.1) is 9.40 Å². The zero-order chi connectivity index (χ0) is 14.7. The number of nitrogens with one attached hydrogen (secondary N) is 1. The molecule has 0 radical (unpaired) electrons. The van der Waals surface area contributed by atoms with E-state index in [1.165, 1.54) is 12.1 Å². The Kier molecular flexibility index (Phi) is 4.51. The molecule has 104 valence electrons. The van der Waals surface area contributed by atoms with E-state index in [2.05, 4.69) is 21.2 Å². The van der Waals surface area contributed by atoms with E-state index < -0.39 is 4.92 Å². The fraction of sp³-hybridized carbons (Fsp3) is 0.154. The SMILES string of the molecule is Cc1cscc1CNC(=O)c1ccc(Br)c([N+](=O)[O-])c1. The molecule has 1 heterocycles. The molecule has 0 spiro atoms. The van der Waals surface area contributed by atoms with Gasteiger partial charge in [-0.3, -0.25) is 14.9 Å². The van der Waals surface area contributed by atoms with E-state index in [9.17, 15) is 14.9 Å². The number of hydrogen-bond donors (Lipinski definition) is 1. The van der Waals surface area contributed by atoms with Gasteiger partial charge >= 0.3 is 0 Å². The molecule has 1 aromatic heterocycles. The van der Waals surface area contributed by atoms with E-state index in [-0.39, 0.29) is 17.2 Å². The van der Waals surface area contributed by atoms with Crippen molar-refractivity contribution in [1.29, 1.82) is 0 Å². The Bertz CT molecular complexity index is 669. The molecule has 0 fully saturated rings. The summed E-state index contributed by atoms with van der Waals surface area (Å²) >= 11 is 4.66. The number of carbonyl (C=O) groups excluding carboxylic acids is 1. The predicted octanol–water partition coefficient (Wildman–Crippen LogP) is 3.66. The molecular weight excluding hydrogens is 344 g/mol. The monoisotopic (exact) mass is 354 g/mol. The van der Waals surface area contributed by atoms with E-state index in [1.54, 1.807) is 17.4 Å². The number of benzene rings is 1. The molecule has 0 aliphatic rings. The molecule has 7 heteroatoms. The Labute approximate surface area is 127 Å². The summed E-state index contributed by atoms with van der Waals surface area (Å²) in [5.41, 5.74) is 2.32. The first-order valence-corrected chi connectivity index (χ1v) is 7.46. The third-order valence-corrected chi connectivity index (χ3v) is 4.39. The van der Waals surface area contributed by atoms with Gasteiger partial charge in [0.2, 0.25) is 0 Å². The minimum Gasteiger partial charge on any atom is -0.348 e. The Balaban J connectivity index is 2.12. The highest BCUT2D eigenvalue weighted by Gasteiger charge is 2.15. The van der Waals surface area contributed by atoms with Crippen molar-refractivity contribution in [1.82, 2.24) is 5.32 Å². The maximum atomic E-state index is 12.0. The molecule has 0 saturated carbocycles. The number of hydrogen-bond acceptors (Lipinski definition) is 4. The molecule has 2 aromatic rings. The van der Waals surface area contributed by atoms with Crippen molar-refractivity contribution in [2.45, 2.75) is 13.5 Å². The molecular formula is C13H11BrN2O3S. The van der Waals surface area contributed by atoms with Crippen LogP contribution in [0.4, 0.5) is 5.69 Å². The van der Waals surface area contributed by atoms with Gasteiger partial charge in [-0.05, 0) is 56.9 Å². The zero-order valence-corrected chi connectivity index (χ0v) is 13.0. The zero-order valence-electron chi connectivity index (χ0n) is 10.6. The summed E-state index contributed by atoms with van der Waals surface area (Å²) in [5.74, 6) is -0.328. The fourth-order valence-electron chi connectivity index (χ4n) is 1.64. The van der Waals surface area contributed by atoms with Gasteiger partial charge in [-0.25, -0.2) is 0 Å².